The average molecular weight is 338 g/mol. The standard InChI is InChI=1S/C18H18N4OS/c1-13-10-11-21(16-8-4-5-9-17(16)24-13)18(23)12-22-15-7-3-2-6-14(15)19-20-22/h2-9,13H,10-12H2,1H3/t13-/m1/s1. The summed E-state index contributed by atoms with van der Waals surface area (Å²) >= 11 is 1.84. The van der Waals surface area contributed by atoms with Gasteiger partial charge in [0.1, 0.15) is 12.1 Å². The van der Waals surface area contributed by atoms with E-state index in [1.54, 1.807) is 4.68 Å². The van der Waals surface area contributed by atoms with Gasteiger partial charge in [-0.05, 0) is 30.7 Å². The first-order valence-electron chi connectivity index (χ1n) is 8.06. The van der Waals surface area contributed by atoms with E-state index in [4.69, 9.17) is 0 Å². The van der Waals surface area contributed by atoms with Crippen LogP contribution in [0.4, 0.5) is 5.69 Å². The predicted molar refractivity (Wildman–Crippen MR) is 96.3 cm³/mol. The van der Waals surface area contributed by atoms with Crippen LogP contribution in [0.1, 0.15) is 13.3 Å². The Morgan fingerprint density at radius 2 is 2.00 bits per heavy atom. The molecule has 0 saturated carbocycles. The smallest absolute Gasteiger partial charge is 0.248 e. The zero-order chi connectivity index (χ0) is 16.5. The molecule has 0 unspecified atom stereocenters. The van der Waals surface area contributed by atoms with Gasteiger partial charge in [-0.1, -0.05) is 36.4 Å². The second kappa shape index (κ2) is 6.28. The Morgan fingerprint density at radius 1 is 1.21 bits per heavy atom. The lowest BCUT2D eigenvalue weighted by molar-refractivity contribution is -0.119. The molecule has 0 aliphatic carbocycles. The molecule has 4 rings (SSSR count). The van der Waals surface area contributed by atoms with Gasteiger partial charge >= 0.3 is 0 Å². The van der Waals surface area contributed by atoms with Gasteiger partial charge in [0.2, 0.25) is 5.91 Å². The maximum atomic E-state index is 13.0. The number of thioether (sulfide) groups is 1. The Balaban J connectivity index is 1.64. The Hall–Kier alpha value is -2.34. The topological polar surface area (TPSA) is 51.0 Å². The van der Waals surface area contributed by atoms with Gasteiger partial charge in [0.25, 0.3) is 0 Å². The van der Waals surface area contributed by atoms with Gasteiger partial charge in [-0.15, -0.1) is 16.9 Å². The van der Waals surface area contributed by atoms with E-state index in [0.29, 0.717) is 5.25 Å². The number of rotatable bonds is 2. The number of para-hydroxylation sites is 2. The molecule has 1 atom stereocenters. The largest absolute Gasteiger partial charge is 0.310 e. The molecule has 1 aliphatic rings. The molecule has 24 heavy (non-hydrogen) atoms. The van der Waals surface area contributed by atoms with Crippen LogP contribution in [0.2, 0.25) is 0 Å². The van der Waals surface area contributed by atoms with E-state index in [2.05, 4.69) is 23.3 Å². The number of anilines is 1. The van der Waals surface area contributed by atoms with Crippen LogP contribution in [0.15, 0.2) is 53.4 Å². The van der Waals surface area contributed by atoms with Crippen LogP contribution in [-0.4, -0.2) is 32.7 Å². The van der Waals surface area contributed by atoms with Crippen molar-refractivity contribution >= 4 is 34.4 Å². The van der Waals surface area contributed by atoms with E-state index in [1.165, 1.54) is 4.90 Å². The van der Waals surface area contributed by atoms with Crippen molar-refractivity contribution in [3.05, 3.63) is 48.5 Å². The summed E-state index contributed by atoms with van der Waals surface area (Å²) in [6.07, 6.45) is 0.975. The Labute approximate surface area is 144 Å². The van der Waals surface area contributed by atoms with Crippen LogP contribution >= 0.6 is 11.8 Å². The van der Waals surface area contributed by atoms with Gasteiger partial charge in [0.15, 0.2) is 0 Å². The second-order valence-electron chi connectivity index (χ2n) is 5.97. The Morgan fingerprint density at radius 3 is 2.92 bits per heavy atom. The maximum absolute atomic E-state index is 13.0. The van der Waals surface area contributed by atoms with Gasteiger partial charge in [-0.2, -0.15) is 0 Å². The monoisotopic (exact) mass is 338 g/mol. The quantitative estimate of drug-likeness (QED) is 0.719. The van der Waals surface area contributed by atoms with Gasteiger partial charge in [0.05, 0.1) is 11.2 Å². The van der Waals surface area contributed by atoms with Crippen LogP contribution < -0.4 is 4.90 Å². The number of hydrogen-bond acceptors (Lipinski definition) is 4. The van der Waals surface area contributed by atoms with Gasteiger partial charge in [0, 0.05) is 16.7 Å². The fourth-order valence-corrected chi connectivity index (χ4v) is 4.11. The van der Waals surface area contributed by atoms with Crippen molar-refractivity contribution in [3.63, 3.8) is 0 Å². The first-order valence-corrected chi connectivity index (χ1v) is 8.94. The molecular formula is C18H18N4OS. The van der Waals surface area contributed by atoms with Crippen molar-refractivity contribution in [2.45, 2.75) is 30.0 Å². The molecule has 2 aromatic carbocycles. The zero-order valence-corrected chi connectivity index (χ0v) is 14.2. The lowest BCUT2D eigenvalue weighted by atomic mass is 10.2. The van der Waals surface area contributed by atoms with Crippen LogP contribution in [0.3, 0.4) is 0 Å². The summed E-state index contributed by atoms with van der Waals surface area (Å²) in [5.41, 5.74) is 2.70. The van der Waals surface area contributed by atoms with E-state index in [9.17, 15) is 4.79 Å². The molecule has 0 N–H and O–H groups in total. The molecule has 2 heterocycles. The first kappa shape index (κ1) is 15.2. The molecule has 6 heteroatoms. The molecule has 1 aromatic heterocycles. The number of nitrogens with zero attached hydrogens (tertiary/aromatic N) is 4. The molecule has 0 fully saturated rings. The molecular weight excluding hydrogens is 320 g/mol. The number of carbonyl (C=O) groups is 1. The average Bonchev–Trinajstić information content (AvgIpc) is 2.91. The number of amides is 1. The molecule has 3 aromatic rings. The van der Waals surface area contributed by atoms with Crippen molar-refractivity contribution in [3.8, 4) is 0 Å². The third-order valence-corrected chi connectivity index (χ3v) is 5.49. The minimum absolute atomic E-state index is 0.0489. The van der Waals surface area contributed by atoms with Crippen LogP contribution in [0.5, 0.6) is 0 Å². The van der Waals surface area contributed by atoms with Crippen LogP contribution in [-0.2, 0) is 11.3 Å². The molecule has 0 bridgehead atoms. The molecule has 0 radical (unpaired) electrons. The fourth-order valence-electron chi connectivity index (χ4n) is 2.99. The van der Waals surface area contributed by atoms with Crippen molar-refractivity contribution in [1.29, 1.82) is 0 Å². The predicted octanol–water partition coefficient (Wildman–Crippen LogP) is 3.35. The maximum Gasteiger partial charge on any atom is 0.248 e. The second-order valence-corrected chi connectivity index (χ2v) is 7.45. The number of fused-ring (bicyclic) bond motifs is 2. The van der Waals surface area contributed by atoms with Crippen molar-refractivity contribution < 1.29 is 4.79 Å². The van der Waals surface area contributed by atoms with Crippen molar-refractivity contribution in [1.82, 2.24) is 15.0 Å². The van der Waals surface area contributed by atoms with E-state index >= 15 is 0 Å². The van der Waals surface area contributed by atoms with E-state index in [-0.39, 0.29) is 12.5 Å². The summed E-state index contributed by atoms with van der Waals surface area (Å²) in [6.45, 7) is 3.14. The SMILES string of the molecule is C[C@@H]1CCN(C(=O)Cn2nnc3ccccc32)c2ccccc2S1. The summed E-state index contributed by atoms with van der Waals surface area (Å²) in [6, 6.07) is 15.8. The summed E-state index contributed by atoms with van der Waals surface area (Å²) in [5, 5.41) is 8.76. The molecule has 1 aliphatic heterocycles. The highest BCUT2D eigenvalue weighted by Crippen LogP contribution is 2.37. The summed E-state index contributed by atoms with van der Waals surface area (Å²) in [7, 11) is 0. The Bertz CT molecular complexity index is 891. The first-order chi connectivity index (χ1) is 11.7. The minimum Gasteiger partial charge on any atom is -0.310 e. The third kappa shape index (κ3) is 2.78. The Kier molecular flexibility index (Phi) is 3.98. The number of hydrogen-bond donors (Lipinski definition) is 0. The number of benzene rings is 2. The zero-order valence-electron chi connectivity index (χ0n) is 13.4. The molecule has 0 spiro atoms. The number of aromatic nitrogens is 3. The lowest BCUT2D eigenvalue weighted by Crippen LogP contribution is -2.35. The van der Waals surface area contributed by atoms with Crippen LogP contribution in [0, 0.1) is 0 Å². The van der Waals surface area contributed by atoms with E-state index in [0.717, 1.165) is 29.7 Å². The molecule has 5 nitrogen and oxygen atoms in total. The van der Waals surface area contributed by atoms with Gasteiger partial charge < -0.3 is 4.90 Å². The minimum atomic E-state index is 0.0489. The fraction of sp³-hybridized carbons (Fsp3) is 0.278. The van der Waals surface area contributed by atoms with Gasteiger partial charge in [-0.25, -0.2) is 4.68 Å². The highest BCUT2D eigenvalue weighted by atomic mass is 32.2. The molecule has 1 amide bonds. The van der Waals surface area contributed by atoms with Crippen molar-refractivity contribution in [2.75, 3.05) is 11.4 Å². The van der Waals surface area contributed by atoms with Crippen molar-refractivity contribution in [2.24, 2.45) is 0 Å². The molecule has 0 saturated heterocycles. The highest BCUT2D eigenvalue weighted by Gasteiger charge is 2.24. The third-order valence-electron chi connectivity index (χ3n) is 4.25. The summed E-state index contributed by atoms with van der Waals surface area (Å²) in [4.78, 5) is 16.0. The highest BCUT2D eigenvalue weighted by molar-refractivity contribution is 8.00. The normalized spacial score (nSPS) is 17.5. The number of carbonyl (C=O) groups excluding carboxylic acids is 1. The van der Waals surface area contributed by atoms with Gasteiger partial charge in [-0.3, -0.25) is 4.79 Å². The van der Waals surface area contributed by atoms with Crippen LogP contribution in [0.25, 0.3) is 11.0 Å². The van der Waals surface area contributed by atoms with E-state index < -0.39 is 0 Å². The lowest BCUT2D eigenvalue weighted by Gasteiger charge is -2.22. The molecule has 122 valence electrons. The van der Waals surface area contributed by atoms with E-state index in [1.807, 2.05) is 59.1 Å². The summed E-state index contributed by atoms with van der Waals surface area (Å²) in [5.74, 6) is 0.0489. The summed E-state index contributed by atoms with van der Waals surface area (Å²) < 4.78 is 1.68.